The first kappa shape index (κ1) is 27.3. The summed E-state index contributed by atoms with van der Waals surface area (Å²) in [6, 6.07) is 19.3. The van der Waals surface area contributed by atoms with Crippen molar-refractivity contribution in [3.63, 3.8) is 0 Å². The number of hydrogen-bond donors (Lipinski definition) is 0. The molecule has 3 aromatic carbocycles. The Balaban J connectivity index is 0.00000308. The third kappa shape index (κ3) is 4.94. The predicted molar refractivity (Wildman–Crippen MR) is 155 cm³/mol. The van der Waals surface area contributed by atoms with Crippen LogP contribution in [0.25, 0.3) is 10.8 Å². The van der Waals surface area contributed by atoms with Gasteiger partial charge in [-0.15, -0.1) is 0 Å². The van der Waals surface area contributed by atoms with Crippen LogP contribution in [0.3, 0.4) is 0 Å². The van der Waals surface area contributed by atoms with E-state index in [4.69, 9.17) is 4.74 Å². The molecule has 1 spiro atoms. The second kappa shape index (κ2) is 10.7. The van der Waals surface area contributed by atoms with Crippen LogP contribution in [0, 0.1) is 12.7 Å². The summed E-state index contributed by atoms with van der Waals surface area (Å²) in [7, 11) is 1.70. The standard InChI is InChI=1S/C30H33FN4O3.H2S/c1-21-5-3-6-22-7-4-8-23(27(21)22)17-33-15-13-30(14-16-33)28(36)34(19-26-18-32(2)29(37)38-26)20-35(30)25-11-9-24(31)10-12-25;/h3-12,26H,13-20H2,1-2H3;1H2/t26-;/m1./s1. The number of halogens is 1. The SMILES string of the molecule is Cc1cccc2cccc(CN3CCC4(CC3)C(=O)N(C[C@H]3CN(C)C(=O)O3)CN4c3ccc(F)cc3)c12.S. The first-order chi connectivity index (χ1) is 18.3. The third-order valence-corrected chi connectivity index (χ3v) is 8.41. The number of hydrogen-bond acceptors (Lipinski definition) is 5. The molecule has 0 radical (unpaired) electrons. The Bertz CT molecular complexity index is 1370. The van der Waals surface area contributed by atoms with Crippen LogP contribution in [-0.4, -0.2) is 78.2 Å². The predicted octanol–water partition coefficient (Wildman–Crippen LogP) is 4.49. The highest BCUT2D eigenvalue weighted by atomic mass is 32.1. The minimum Gasteiger partial charge on any atom is -0.442 e. The fourth-order valence-corrected chi connectivity index (χ4v) is 6.42. The summed E-state index contributed by atoms with van der Waals surface area (Å²) in [5, 5.41) is 2.56. The zero-order chi connectivity index (χ0) is 26.4. The van der Waals surface area contributed by atoms with Crippen LogP contribution in [0.4, 0.5) is 14.9 Å². The van der Waals surface area contributed by atoms with Gasteiger partial charge in [-0.05, 0) is 65.9 Å². The van der Waals surface area contributed by atoms with Gasteiger partial charge in [-0.3, -0.25) is 9.69 Å². The highest BCUT2D eigenvalue weighted by molar-refractivity contribution is 7.59. The van der Waals surface area contributed by atoms with Crippen molar-refractivity contribution in [2.45, 2.75) is 38.0 Å². The van der Waals surface area contributed by atoms with Gasteiger partial charge in [0.1, 0.15) is 17.5 Å². The molecule has 3 fully saturated rings. The molecule has 3 aliphatic heterocycles. The van der Waals surface area contributed by atoms with Crippen LogP contribution in [0.5, 0.6) is 0 Å². The van der Waals surface area contributed by atoms with Gasteiger partial charge in [-0.25, -0.2) is 9.18 Å². The summed E-state index contributed by atoms with van der Waals surface area (Å²) in [5.41, 5.74) is 2.71. The Morgan fingerprint density at radius 1 is 1.00 bits per heavy atom. The van der Waals surface area contributed by atoms with Crippen molar-refractivity contribution in [1.82, 2.24) is 14.7 Å². The van der Waals surface area contributed by atoms with E-state index in [9.17, 15) is 14.0 Å². The molecule has 3 aromatic rings. The zero-order valence-electron chi connectivity index (χ0n) is 22.4. The average molecular weight is 551 g/mol. The van der Waals surface area contributed by atoms with E-state index in [1.807, 2.05) is 4.90 Å². The maximum atomic E-state index is 14.0. The van der Waals surface area contributed by atoms with Crippen LogP contribution < -0.4 is 4.90 Å². The monoisotopic (exact) mass is 550 g/mol. The second-order valence-corrected chi connectivity index (χ2v) is 10.9. The molecular weight excluding hydrogens is 515 g/mol. The topological polar surface area (TPSA) is 56.3 Å². The smallest absolute Gasteiger partial charge is 0.410 e. The van der Waals surface area contributed by atoms with Crippen LogP contribution in [0.15, 0.2) is 60.7 Å². The first-order valence-electron chi connectivity index (χ1n) is 13.3. The summed E-state index contributed by atoms with van der Waals surface area (Å²) in [5.74, 6) is -0.237. The van der Waals surface area contributed by atoms with Gasteiger partial charge in [0.05, 0.1) is 19.8 Å². The number of piperidine rings is 1. The Kier molecular flexibility index (Phi) is 7.48. The number of carbonyl (C=O) groups is 2. The molecule has 0 aromatic heterocycles. The number of amides is 2. The van der Waals surface area contributed by atoms with E-state index in [0.29, 0.717) is 32.6 Å². The number of carbonyl (C=O) groups excluding carboxylic acids is 2. The maximum absolute atomic E-state index is 14.0. The molecule has 0 unspecified atom stereocenters. The molecule has 206 valence electrons. The van der Waals surface area contributed by atoms with Crippen LogP contribution in [0.1, 0.15) is 24.0 Å². The number of aryl methyl sites for hydroxylation is 1. The van der Waals surface area contributed by atoms with Gasteiger partial charge in [0.2, 0.25) is 5.91 Å². The molecule has 1 atom stereocenters. The second-order valence-electron chi connectivity index (χ2n) is 10.9. The molecule has 7 nitrogen and oxygen atoms in total. The third-order valence-electron chi connectivity index (χ3n) is 8.41. The van der Waals surface area contributed by atoms with Gasteiger partial charge in [-0.2, -0.15) is 13.5 Å². The van der Waals surface area contributed by atoms with Crippen LogP contribution >= 0.6 is 13.5 Å². The Labute approximate surface area is 235 Å². The highest BCUT2D eigenvalue weighted by Gasteiger charge is 2.54. The Hall–Kier alpha value is -3.30. The lowest BCUT2D eigenvalue weighted by Gasteiger charge is -2.43. The Morgan fingerprint density at radius 3 is 2.36 bits per heavy atom. The van der Waals surface area contributed by atoms with Gasteiger partial charge >= 0.3 is 6.09 Å². The first-order valence-corrected chi connectivity index (χ1v) is 13.3. The number of rotatable bonds is 5. The van der Waals surface area contributed by atoms with Crippen molar-refractivity contribution in [2.24, 2.45) is 0 Å². The largest absolute Gasteiger partial charge is 0.442 e. The van der Waals surface area contributed by atoms with E-state index in [0.717, 1.165) is 25.3 Å². The van der Waals surface area contributed by atoms with Crippen molar-refractivity contribution in [3.8, 4) is 0 Å². The number of fused-ring (bicyclic) bond motifs is 1. The molecule has 0 saturated carbocycles. The lowest BCUT2D eigenvalue weighted by molar-refractivity contribution is -0.134. The molecule has 0 bridgehead atoms. The van der Waals surface area contributed by atoms with Gasteiger partial charge in [-0.1, -0.05) is 36.4 Å². The van der Waals surface area contributed by atoms with Crippen LogP contribution in [0.2, 0.25) is 0 Å². The molecular formula is C30H35FN4O3S. The van der Waals surface area contributed by atoms with Crippen molar-refractivity contribution >= 4 is 42.0 Å². The van der Waals surface area contributed by atoms with Crippen molar-refractivity contribution in [1.29, 1.82) is 0 Å². The van der Waals surface area contributed by atoms with Crippen molar-refractivity contribution < 1.29 is 18.7 Å². The molecule has 3 saturated heterocycles. The molecule has 3 heterocycles. The molecule has 39 heavy (non-hydrogen) atoms. The number of likely N-dealkylation sites (tertiary alicyclic amines) is 1. The van der Waals surface area contributed by atoms with E-state index in [1.54, 1.807) is 19.2 Å². The summed E-state index contributed by atoms with van der Waals surface area (Å²) in [6.45, 7) is 5.75. The highest BCUT2D eigenvalue weighted by Crippen LogP contribution is 2.40. The summed E-state index contributed by atoms with van der Waals surface area (Å²) >= 11 is 0. The van der Waals surface area contributed by atoms with Crippen molar-refractivity contribution in [2.75, 3.05) is 44.8 Å². The van der Waals surface area contributed by atoms with Gasteiger partial charge in [0.25, 0.3) is 0 Å². The zero-order valence-corrected chi connectivity index (χ0v) is 23.4. The van der Waals surface area contributed by atoms with E-state index in [2.05, 4.69) is 53.1 Å². The number of ether oxygens (including phenoxy) is 1. The molecule has 6 rings (SSSR count). The number of anilines is 1. The maximum Gasteiger partial charge on any atom is 0.410 e. The molecule has 3 aliphatic rings. The lowest BCUT2D eigenvalue weighted by atomic mass is 9.85. The molecule has 0 N–H and O–H groups in total. The molecule has 0 aliphatic carbocycles. The summed E-state index contributed by atoms with van der Waals surface area (Å²) < 4.78 is 19.2. The number of cyclic esters (lactones) is 1. The van der Waals surface area contributed by atoms with E-state index in [1.165, 1.54) is 38.9 Å². The lowest BCUT2D eigenvalue weighted by Crippen LogP contribution is -2.56. The average Bonchev–Trinajstić information content (AvgIpc) is 3.36. The quantitative estimate of drug-likeness (QED) is 0.469. The Morgan fingerprint density at radius 2 is 1.69 bits per heavy atom. The number of nitrogens with zero attached hydrogens (tertiary/aromatic N) is 4. The molecule has 9 heteroatoms. The van der Waals surface area contributed by atoms with Crippen molar-refractivity contribution in [3.05, 3.63) is 77.6 Å². The van der Waals surface area contributed by atoms with E-state index >= 15 is 0 Å². The van der Waals surface area contributed by atoms with E-state index in [-0.39, 0.29) is 37.4 Å². The minimum atomic E-state index is -0.697. The van der Waals surface area contributed by atoms with Gasteiger partial charge < -0.3 is 19.4 Å². The normalized spacial score (nSPS) is 21.1. The van der Waals surface area contributed by atoms with Gasteiger partial charge in [0, 0.05) is 32.4 Å². The van der Waals surface area contributed by atoms with Gasteiger partial charge in [0.15, 0.2) is 0 Å². The number of likely N-dealkylation sites (N-methyl/N-ethyl adjacent to an activating group) is 1. The van der Waals surface area contributed by atoms with E-state index < -0.39 is 5.54 Å². The number of benzene rings is 3. The fourth-order valence-electron chi connectivity index (χ4n) is 6.42. The summed E-state index contributed by atoms with van der Waals surface area (Å²) in [6.07, 6.45) is 0.641. The minimum absolute atomic E-state index is 0. The summed E-state index contributed by atoms with van der Waals surface area (Å²) in [4.78, 5) is 33.8. The molecule has 2 amide bonds. The van der Waals surface area contributed by atoms with Crippen LogP contribution in [-0.2, 0) is 16.1 Å². The fraction of sp³-hybridized carbons (Fsp3) is 0.400.